The molecular weight excluding hydrogens is 308 g/mol. The predicted octanol–water partition coefficient (Wildman–Crippen LogP) is 1.13. The van der Waals surface area contributed by atoms with Crippen molar-refractivity contribution in [2.45, 2.75) is 26.0 Å². The van der Waals surface area contributed by atoms with Gasteiger partial charge in [0.25, 0.3) is 0 Å². The molecule has 2 unspecified atom stereocenters. The van der Waals surface area contributed by atoms with Crippen molar-refractivity contribution in [1.29, 1.82) is 0 Å². The molecule has 96 valence electrons. The molecule has 0 aliphatic carbocycles. The third-order valence-electron chi connectivity index (χ3n) is 3.13. The minimum atomic E-state index is -2.97. The molecular formula is C10H15BrN2O3S. The van der Waals surface area contributed by atoms with Crippen molar-refractivity contribution in [3.8, 4) is 0 Å². The van der Waals surface area contributed by atoms with Crippen molar-refractivity contribution in [3.63, 3.8) is 0 Å². The number of aliphatic hydroxyl groups excluding tert-OH is 1. The molecule has 1 aromatic heterocycles. The molecule has 0 radical (unpaired) electrons. The summed E-state index contributed by atoms with van der Waals surface area (Å²) >= 11 is 3.34. The molecule has 0 bridgehead atoms. The largest absolute Gasteiger partial charge is 0.386 e. The fourth-order valence-electron chi connectivity index (χ4n) is 2.21. The van der Waals surface area contributed by atoms with Crippen molar-refractivity contribution in [2.75, 3.05) is 11.5 Å². The second-order valence-corrected chi connectivity index (χ2v) is 7.38. The third-order valence-corrected chi connectivity index (χ3v) is 5.53. The highest BCUT2D eigenvalue weighted by Crippen LogP contribution is 2.34. The Morgan fingerprint density at radius 1 is 1.71 bits per heavy atom. The van der Waals surface area contributed by atoms with Gasteiger partial charge in [0.2, 0.25) is 0 Å². The van der Waals surface area contributed by atoms with E-state index in [0.717, 1.165) is 4.47 Å². The molecule has 1 fully saturated rings. The molecule has 7 heteroatoms. The number of sulfone groups is 1. The van der Waals surface area contributed by atoms with Crippen LogP contribution in [0.3, 0.4) is 0 Å². The fraction of sp³-hybridized carbons (Fsp3) is 0.700. The Labute approximate surface area is 109 Å². The molecule has 17 heavy (non-hydrogen) atoms. The van der Waals surface area contributed by atoms with Gasteiger partial charge in [-0.05, 0) is 29.3 Å². The molecule has 5 nitrogen and oxygen atoms in total. The Kier molecular flexibility index (Phi) is 3.61. The lowest BCUT2D eigenvalue weighted by molar-refractivity contribution is 0.111. The minimum Gasteiger partial charge on any atom is -0.386 e. The summed E-state index contributed by atoms with van der Waals surface area (Å²) in [6.07, 6.45) is 1.38. The van der Waals surface area contributed by atoms with E-state index in [9.17, 15) is 13.5 Å². The number of aromatic nitrogens is 2. The highest BCUT2D eigenvalue weighted by atomic mass is 79.9. The summed E-state index contributed by atoms with van der Waals surface area (Å²) < 4.78 is 25.2. The number of aryl methyl sites for hydroxylation is 1. The van der Waals surface area contributed by atoms with E-state index in [0.29, 0.717) is 18.7 Å². The standard InChI is InChI=1S/C10H15BrN2O3S/c1-2-13-9(8(11)5-12-13)10(14)7-3-4-17(15,16)6-7/h5,7,10,14H,2-4,6H2,1H3. The van der Waals surface area contributed by atoms with Crippen molar-refractivity contribution in [1.82, 2.24) is 9.78 Å². The summed E-state index contributed by atoms with van der Waals surface area (Å²) in [7, 11) is -2.97. The number of halogens is 1. The average Bonchev–Trinajstić information content (AvgIpc) is 2.80. The number of nitrogens with zero attached hydrogens (tertiary/aromatic N) is 2. The zero-order valence-corrected chi connectivity index (χ0v) is 11.9. The third kappa shape index (κ3) is 2.56. The summed E-state index contributed by atoms with van der Waals surface area (Å²) in [6.45, 7) is 2.58. The van der Waals surface area contributed by atoms with Crippen LogP contribution in [0.1, 0.15) is 25.1 Å². The maximum absolute atomic E-state index is 11.4. The van der Waals surface area contributed by atoms with E-state index in [-0.39, 0.29) is 17.4 Å². The van der Waals surface area contributed by atoms with Gasteiger partial charge in [0, 0.05) is 12.5 Å². The Morgan fingerprint density at radius 2 is 2.41 bits per heavy atom. The van der Waals surface area contributed by atoms with Crippen LogP contribution in [0.15, 0.2) is 10.7 Å². The van der Waals surface area contributed by atoms with Gasteiger partial charge in [0.1, 0.15) is 6.10 Å². The van der Waals surface area contributed by atoms with Gasteiger partial charge in [-0.15, -0.1) is 0 Å². The van der Waals surface area contributed by atoms with Gasteiger partial charge in [0.15, 0.2) is 9.84 Å². The van der Waals surface area contributed by atoms with Gasteiger partial charge >= 0.3 is 0 Å². The Morgan fingerprint density at radius 3 is 2.94 bits per heavy atom. The highest BCUT2D eigenvalue weighted by molar-refractivity contribution is 9.10. The molecule has 0 saturated carbocycles. The molecule has 2 heterocycles. The van der Waals surface area contributed by atoms with Gasteiger partial charge in [-0.2, -0.15) is 5.10 Å². The number of hydrogen-bond donors (Lipinski definition) is 1. The SMILES string of the molecule is CCn1ncc(Br)c1C(O)C1CCS(=O)(=O)C1. The molecule has 1 aromatic rings. The van der Waals surface area contributed by atoms with Crippen LogP contribution in [0, 0.1) is 5.92 Å². The van der Waals surface area contributed by atoms with Crippen LogP contribution in [-0.2, 0) is 16.4 Å². The van der Waals surface area contributed by atoms with E-state index < -0.39 is 15.9 Å². The molecule has 2 rings (SSSR count). The number of rotatable bonds is 3. The fourth-order valence-corrected chi connectivity index (χ4v) is 4.57. The van der Waals surface area contributed by atoms with Gasteiger partial charge < -0.3 is 5.11 Å². The summed E-state index contributed by atoms with van der Waals surface area (Å²) in [6, 6.07) is 0. The van der Waals surface area contributed by atoms with Crippen LogP contribution >= 0.6 is 15.9 Å². The maximum Gasteiger partial charge on any atom is 0.150 e. The van der Waals surface area contributed by atoms with Crippen LogP contribution in [0.25, 0.3) is 0 Å². The Hall–Kier alpha value is -0.400. The second-order valence-electron chi connectivity index (χ2n) is 4.30. The first-order valence-electron chi connectivity index (χ1n) is 5.54. The number of hydrogen-bond acceptors (Lipinski definition) is 4. The molecule has 2 atom stereocenters. The summed E-state index contributed by atoms with van der Waals surface area (Å²) in [4.78, 5) is 0. The number of aliphatic hydroxyl groups is 1. The average molecular weight is 323 g/mol. The van der Waals surface area contributed by atoms with Gasteiger partial charge in [-0.3, -0.25) is 4.68 Å². The van der Waals surface area contributed by atoms with Crippen LogP contribution in [-0.4, -0.2) is 34.8 Å². The van der Waals surface area contributed by atoms with Gasteiger partial charge in [-0.25, -0.2) is 8.42 Å². The van der Waals surface area contributed by atoms with E-state index >= 15 is 0 Å². The summed E-state index contributed by atoms with van der Waals surface area (Å²) in [5.74, 6) is 0.0144. The van der Waals surface area contributed by atoms with Crippen LogP contribution in [0.2, 0.25) is 0 Å². The van der Waals surface area contributed by atoms with E-state index in [2.05, 4.69) is 21.0 Å². The zero-order chi connectivity index (χ0) is 12.6. The molecule has 1 N–H and O–H groups in total. The van der Waals surface area contributed by atoms with E-state index in [1.165, 1.54) is 0 Å². The van der Waals surface area contributed by atoms with Crippen molar-refractivity contribution >= 4 is 25.8 Å². The van der Waals surface area contributed by atoms with Crippen LogP contribution in [0.4, 0.5) is 0 Å². The van der Waals surface area contributed by atoms with Gasteiger partial charge in [-0.1, -0.05) is 0 Å². The molecule has 1 aliphatic heterocycles. The van der Waals surface area contributed by atoms with Crippen molar-refractivity contribution in [2.24, 2.45) is 5.92 Å². The molecule has 0 amide bonds. The summed E-state index contributed by atoms with van der Waals surface area (Å²) in [5, 5.41) is 14.4. The lowest BCUT2D eigenvalue weighted by atomic mass is 9.99. The zero-order valence-electron chi connectivity index (χ0n) is 9.50. The van der Waals surface area contributed by atoms with E-state index in [1.54, 1.807) is 10.9 Å². The smallest absolute Gasteiger partial charge is 0.150 e. The van der Waals surface area contributed by atoms with Crippen molar-refractivity contribution in [3.05, 3.63) is 16.4 Å². The molecule has 1 saturated heterocycles. The predicted molar refractivity (Wildman–Crippen MR) is 67.3 cm³/mol. The normalized spacial score (nSPS) is 25.0. The quantitative estimate of drug-likeness (QED) is 0.905. The van der Waals surface area contributed by atoms with Crippen LogP contribution < -0.4 is 0 Å². The second kappa shape index (κ2) is 4.70. The molecule has 1 aliphatic rings. The topological polar surface area (TPSA) is 72.2 Å². The first-order chi connectivity index (χ1) is 7.94. The lowest BCUT2D eigenvalue weighted by Gasteiger charge is -2.18. The monoisotopic (exact) mass is 322 g/mol. The molecule has 0 aromatic carbocycles. The maximum atomic E-state index is 11.4. The van der Waals surface area contributed by atoms with Crippen LogP contribution in [0.5, 0.6) is 0 Å². The first-order valence-corrected chi connectivity index (χ1v) is 8.15. The molecule has 0 spiro atoms. The Bertz CT molecular complexity index is 512. The first kappa shape index (κ1) is 13.0. The lowest BCUT2D eigenvalue weighted by Crippen LogP contribution is -2.18. The van der Waals surface area contributed by atoms with E-state index in [4.69, 9.17) is 0 Å². The van der Waals surface area contributed by atoms with Gasteiger partial charge in [0.05, 0.1) is 27.9 Å². The summed E-state index contributed by atoms with van der Waals surface area (Å²) in [5.41, 5.74) is 0.676. The van der Waals surface area contributed by atoms with Crippen molar-refractivity contribution < 1.29 is 13.5 Å². The Balaban J connectivity index is 2.25. The minimum absolute atomic E-state index is 0.0650. The van der Waals surface area contributed by atoms with E-state index in [1.807, 2.05) is 6.92 Å². The highest BCUT2D eigenvalue weighted by Gasteiger charge is 2.35.